The molecule has 1 fully saturated rings. The minimum absolute atomic E-state index is 0.0342. The molecular weight excluding hydrogens is 219 g/mol. The topological polar surface area (TPSA) is 32.3 Å². The number of likely N-dealkylation sites (N-methyl/N-ethyl adjacent to an activating group) is 1. The van der Waals surface area contributed by atoms with E-state index in [0.29, 0.717) is 5.69 Å². The molecule has 1 amide bonds. The molecule has 17 heavy (non-hydrogen) atoms. The zero-order valence-electron chi connectivity index (χ0n) is 9.96. The van der Waals surface area contributed by atoms with Gasteiger partial charge in [0.2, 0.25) is 0 Å². The largest absolute Gasteiger partial charge is 0.312 e. The second-order valence-electron chi connectivity index (χ2n) is 4.17. The van der Waals surface area contributed by atoms with Crippen LogP contribution in [-0.2, 0) is 4.79 Å². The van der Waals surface area contributed by atoms with Crippen molar-refractivity contribution >= 4 is 11.6 Å². The zero-order chi connectivity index (χ0) is 12.4. The van der Waals surface area contributed by atoms with E-state index in [4.69, 9.17) is 0 Å². The summed E-state index contributed by atoms with van der Waals surface area (Å²) < 4.78 is 12.8. The average Bonchev–Trinajstić information content (AvgIpc) is 2.25. The molecule has 1 saturated heterocycles. The van der Waals surface area contributed by atoms with Crippen molar-refractivity contribution in [2.45, 2.75) is 6.92 Å². The summed E-state index contributed by atoms with van der Waals surface area (Å²) in [6.07, 6.45) is 0. The Balaban J connectivity index is 2.17. The van der Waals surface area contributed by atoms with Crippen LogP contribution in [0.1, 0.15) is 6.92 Å². The molecule has 1 heterocycles. The summed E-state index contributed by atoms with van der Waals surface area (Å²) >= 11 is 0. The number of halogens is 1. The van der Waals surface area contributed by atoms with Crippen LogP contribution in [0.2, 0.25) is 0 Å². The van der Waals surface area contributed by atoms with Gasteiger partial charge in [0.1, 0.15) is 5.82 Å². The molecule has 0 saturated carbocycles. The van der Waals surface area contributed by atoms with E-state index in [1.54, 1.807) is 24.1 Å². The van der Waals surface area contributed by atoms with Crippen LogP contribution in [0.25, 0.3) is 0 Å². The van der Waals surface area contributed by atoms with Crippen molar-refractivity contribution in [3.05, 3.63) is 41.2 Å². The fourth-order valence-electron chi connectivity index (χ4n) is 1.70. The number of rotatable bonds is 2. The van der Waals surface area contributed by atoms with E-state index >= 15 is 0 Å². The number of benzene rings is 1. The Morgan fingerprint density at radius 1 is 1.29 bits per heavy atom. The van der Waals surface area contributed by atoms with E-state index in [2.05, 4.69) is 5.32 Å². The Labute approximate surface area is 99.9 Å². The predicted molar refractivity (Wildman–Crippen MR) is 65.4 cm³/mol. The Morgan fingerprint density at radius 2 is 1.88 bits per heavy atom. The number of nitrogens with one attached hydrogen (secondary N) is 1. The average molecular weight is 234 g/mol. The highest BCUT2D eigenvalue weighted by Crippen LogP contribution is 2.18. The molecule has 3 nitrogen and oxygen atoms in total. The number of nitrogens with zero attached hydrogens (tertiary/aromatic N) is 1. The van der Waals surface area contributed by atoms with Crippen LogP contribution in [0.5, 0.6) is 0 Å². The normalized spacial score (nSPS) is 14.2. The zero-order valence-corrected chi connectivity index (χ0v) is 9.96. The fraction of sp³-hybridized carbons (Fsp3) is 0.308. The summed E-state index contributed by atoms with van der Waals surface area (Å²) in [7, 11) is 1.70. The minimum Gasteiger partial charge on any atom is -0.312 e. The lowest BCUT2D eigenvalue weighted by Crippen LogP contribution is -2.38. The second kappa shape index (κ2) is 4.67. The van der Waals surface area contributed by atoms with Crippen LogP contribution < -0.4 is 10.2 Å². The van der Waals surface area contributed by atoms with Crippen molar-refractivity contribution in [2.24, 2.45) is 0 Å². The van der Waals surface area contributed by atoms with Crippen molar-refractivity contribution in [1.29, 1.82) is 0 Å². The van der Waals surface area contributed by atoms with Crippen molar-refractivity contribution in [1.82, 2.24) is 5.32 Å². The highest BCUT2D eigenvalue weighted by Gasteiger charge is 2.19. The Morgan fingerprint density at radius 3 is 2.35 bits per heavy atom. The van der Waals surface area contributed by atoms with Gasteiger partial charge in [-0.2, -0.15) is 0 Å². The van der Waals surface area contributed by atoms with Crippen LogP contribution in [0.4, 0.5) is 10.1 Å². The predicted octanol–water partition coefficient (Wildman–Crippen LogP) is 1.71. The molecule has 0 spiro atoms. The molecule has 0 atom stereocenters. The Hall–Kier alpha value is -1.68. The molecule has 1 aromatic carbocycles. The molecule has 1 aromatic rings. The summed E-state index contributed by atoms with van der Waals surface area (Å²) in [6, 6.07) is 5.91. The van der Waals surface area contributed by atoms with E-state index in [-0.39, 0.29) is 11.7 Å². The van der Waals surface area contributed by atoms with Crippen LogP contribution in [0, 0.1) is 5.82 Å². The Bertz CT molecular complexity index is 459. The molecule has 0 radical (unpaired) electrons. The minimum atomic E-state index is -0.298. The summed E-state index contributed by atoms with van der Waals surface area (Å²) in [4.78, 5) is 13.7. The lowest BCUT2D eigenvalue weighted by Gasteiger charge is -2.24. The van der Waals surface area contributed by atoms with Gasteiger partial charge >= 0.3 is 0 Å². The number of amides is 1. The molecule has 2 rings (SSSR count). The van der Waals surface area contributed by atoms with Gasteiger partial charge in [-0.3, -0.25) is 4.79 Å². The van der Waals surface area contributed by atoms with Crippen molar-refractivity contribution in [2.75, 3.05) is 25.0 Å². The van der Waals surface area contributed by atoms with Crippen LogP contribution >= 0.6 is 0 Å². The second-order valence-corrected chi connectivity index (χ2v) is 4.17. The first-order chi connectivity index (χ1) is 8.09. The van der Waals surface area contributed by atoms with Gasteiger partial charge < -0.3 is 10.2 Å². The third kappa shape index (κ3) is 2.36. The lowest BCUT2D eigenvalue weighted by molar-refractivity contribution is -0.114. The first kappa shape index (κ1) is 11.8. The first-order valence-corrected chi connectivity index (χ1v) is 5.52. The molecular formula is C13H15FN2O. The summed E-state index contributed by atoms with van der Waals surface area (Å²) in [6.45, 7) is 3.40. The van der Waals surface area contributed by atoms with Crippen molar-refractivity contribution < 1.29 is 9.18 Å². The third-order valence-corrected chi connectivity index (χ3v) is 3.05. The van der Waals surface area contributed by atoms with Gasteiger partial charge in [-0.15, -0.1) is 0 Å². The van der Waals surface area contributed by atoms with Gasteiger partial charge in [0, 0.05) is 31.4 Å². The molecule has 4 heteroatoms. The molecule has 0 aromatic heterocycles. The number of carbonyl (C=O) groups is 1. The molecule has 1 aliphatic heterocycles. The molecule has 0 aliphatic carbocycles. The quantitative estimate of drug-likeness (QED) is 0.790. The van der Waals surface area contributed by atoms with Gasteiger partial charge in [-0.25, -0.2) is 4.39 Å². The Kier molecular flexibility index (Phi) is 3.24. The molecule has 0 unspecified atom stereocenters. The monoisotopic (exact) mass is 234 g/mol. The highest BCUT2D eigenvalue weighted by molar-refractivity contribution is 6.05. The number of carbonyl (C=O) groups excluding carboxylic acids is 1. The van der Waals surface area contributed by atoms with Gasteiger partial charge in [-0.05, 0) is 36.8 Å². The van der Waals surface area contributed by atoms with E-state index in [0.717, 1.165) is 24.2 Å². The fourth-order valence-corrected chi connectivity index (χ4v) is 1.70. The van der Waals surface area contributed by atoms with Crippen molar-refractivity contribution in [3.8, 4) is 0 Å². The standard InChI is InChI=1S/C13H15FN2O/c1-9(10-7-15-8-10)13(17)16(2)12-5-3-11(14)4-6-12/h3-6,15H,7-8H2,1-2H3. The highest BCUT2D eigenvalue weighted by atomic mass is 19.1. The van der Waals surface area contributed by atoms with Gasteiger partial charge in [0.25, 0.3) is 5.91 Å². The summed E-state index contributed by atoms with van der Waals surface area (Å²) in [5, 5.41) is 3.10. The SMILES string of the molecule is CC(C(=O)N(C)c1ccc(F)cc1)=C1CNC1. The first-order valence-electron chi connectivity index (χ1n) is 5.52. The molecule has 1 aliphatic rings. The van der Waals surface area contributed by atoms with Gasteiger partial charge in [0.05, 0.1) is 0 Å². The smallest absolute Gasteiger partial charge is 0.253 e. The van der Waals surface area contributed by atoms with Crippen LogP contribution in [0.3, 0.4) is 0 Å². The van der Waals surface area contributed by atoms with Crippen LogP contribution in [-0.4, -0.2) is 26.0 Å². The third-order valence-electron chi connectivity index (χ3n) is 3.05. The number of hydrogen-bond donors (Lipinski definition) is 1. The molecule has 90 valence electrons. The number of anilines is 1. The van der Waals surface area contributed by atoms with Gasteiger partial charge in [-0.1, -0.05) is 0 Å². The van der Waals surface area contributed by atoms with E-state index in [1.807, 2.05) is 6.92 Å². The summed E-state index contributed by atoms with van der Waals surface area (Å²) in [5.74, 6) is -0.332. The number of hydrogen-bond acceptors (Lipinski definition) is 2. The van der Waals surface area contributed by atoms with E-state index in [1.165, 1.54) is 12.1 Å². The maximum atomic E-state index is 12.8. The lowest BCUT2D eigenvalue weighted by atomic mass is 10.0. The van der Waals surface area contributed by atoms with Crippen molar-refractivity contribution in [3.63, 3.8) is 0 Å². The maximum Gasteiger partial charge on any atom is 0.253 e. The van der Waals surface area contributed by atoms with Gasteiger partial charge in [0.15, 0.2) is 0 Å². The van der Waals surface area contributed by atoms with Crippen LogP contribution in [0.15, 0.2) is 35.4 Å². The maximum absolute atomic E-state index is 12.8. The molecule has 0 bridgehead atoms. The summed E-state index contributed by atoms with van der Waals surface area (Å²) in [5.41, 5.74) is 2.61. The van der Waals surface area contributed by atoms with E-state index in [9.17, 15) is 9.18 Å². The molecule has 1 N–H and O–H groups in total. The van der Waals surface area contributed by atoms with E-state index < -0.39 is 0 Å².